The molecule has 0 aliphatic carbocycles. The Morgan fingerprint density at radius 3 is 2.46 bits per heavy atom. The van der Waals surface area contributed by atoms with Gasteiger partial charge in [0.15, 0.2) is 5.78 Å². The van der Waals surface area contributed by atoms with Crippen LogP contribution in [-0.4, -0.2) is 24.1 Å². The molecule has 0 bridgehead atoms. The fourth-order valence-corrected chi connectivity index (χ4v) is 2.69. The van der Waals surface area contributed by atoms with E-state index in [-0.39, 0.29) is 30.6 Å². The molecule has 0 saturated carbocycles. The van der Waals surface area contributed by atoms with Gasteiger partial charge in [-0.3, -0.25) is 14.4 Å². The molecule has 2 aromatic rings. The van der Waals surface area contributed by atoms with Gasteiger partial charge in [-0.2, -0.15) is 0 Å². The molecule has 0 aliphatic rings. The standard InChI is InChI=1S/C20H21ClN2O3/c1-13-7-8-17(21)12-19(13)22-20(26)9-10-23(15(3)25)18-6-4-5-16(11-18)14(2)24/h4-8,11-12H,9-10H2,1-3H3,(H,22,26). The third-order valence-corrected chi connectivity index (χ3v) is 4.22. The average Bonchev–Trinajstić information content (AvgIpc) is 2.58. The Bertz CT molecular complexity index is 849. The first-order chi connectivity index (χ1) is 12.3. The monoisotopic (exact) mass is 372 g/mol. The molecule has 0 unspecified atom stereocenters. The van der Waals surface area contributed by atoms with E-state index in [2.05, 4.69) is 5.32 Å². The molecule has 0 fully saturated rings. The highest BCUT2D eigenvalue weighted by molar-refractivity contribution is 6.31. The van der Waals surface area contributed by atoms with Crippen LogP contribution in [0.1, 0.15) is 36.2 Å². The second-order valence-electron chi connectivity index (χ2n) is 6.03. The van der Waals surface area contributed by atoms with E-state index in [9.17, 15) is 14.4 Å². The lowest BCUT2D eigenvalue weighted by atomic mass is 10.1. The maximum atomic E-state index is 12.3. The van der Waals surface area contributed by atoms with Crippen LogP contribution in [0.4, 0.5) is 11.4 Å². The lowest BCUT2D eigenvalue weighted by Gasteiger charge is -2.21. The third kappa shape index (κ3) is 5.17. The summed E-state index contributed by atoms with van der Waals surface area (Å²) in [6, 6.07) is 12.1. The van der Waals surface area contributed by atoms with Crippen molar-refractivity contribution in [2.75, 3.05) is 16.8 Å². The van der Waals surface area contributed by atoms with Crippen molar-refractivity contribution in [1.29, 1.82) is 0 Å². The fraction of sp³-hybridized carbons (Fsp3) is 0.250. The molecule has 2 aromatic carbocycles. The molecule has 5 nitrogen and oxygen atoms in total. The van der Waals surface area contributed by atoms with E-state index < -0.39 is 0 Å². The van der Waals surface area contributed by atoms with Gasteiger partial charge in [0.25, 0.3) is 0 Å². The smallest absolute Gasteiger partial charge is 0.226 e. The van der Waals surface area contributed by atoms with E-state index in [4.69, 9.17) is 11.6 Å². The summed E-state index contributed by atoms with van der Waals surface area (Å²) in [5.41, 5.74) is 2.67. The number of amides is 2. The molecule has 136 valence electrons. The van der Waals surface area contributed by atoms with E-state index >= 15 is 0 Å². The van der Waals surface area contributed by atoms with Crippen LogP contribution in [0.2, 0.25) is 5.02 Å². The van der Waals surface area contributed by atoms with Crippen LogP contribution < -0.4 is 10.2 Å². The van der Waals surface area contributed by atoms with E-state index in [0.29, 0.717) is 22.0 Å². The third-order valence-electron chi connectivity index (χ3n) is 3.98. The SMILES string of the molecule is CC(=O)c1cccc(N(CCC(=O)Nc2cc(Cl)ccc2C)C(C)=O)c1. The first kappa shape index (κ1) is 19.7. The summed E-state index contributed by atoms with van der Waals surface area (Å²) in [5.74, 6) is -0.494. The second-order valence-corrected chi connectivity index (χ2v) is 6.47. The number of benzene rings is 2. The molecular formula is C20H21ClN2O3. The van der Waals surface area contributed by atoms with Crippen molar-refractivity contribution >= 4 is 40.6 Å². The summed E-state index contributed by atoms with van der Waals surface area (Å²) in [4.78, 5) is 37.3. The quantitative estimate of drug-likeness (QED) is 0.771. The zero-order chi connectivity index (χ0) is 19.3. The minimum atomic E-state index is -0.218. The molecule has 2 amide bonds. The predicted octanol–water partition coefficient (Wildman–Crippen LogP) is 4.23. The number of anilines is 2. The predicted molar refractivity (Wildman–Crippen MR) is 104 cm³/mol. The maximum absolute atomic E-state index is 12.3. The first-order valence-corrected chi connectivity index (χ1v) is 8.61. The molecule has 0 aromatic heterocycles. The van der Waals surface area contributed by atoms with Crippen LogP contribution in [0, 0.1) is 6.92 Å². The molecular weight excluding hydrogens is 352 g/mol. The number of halogens is 1. The Hall–Kier alpha value is -2.66. The summed E-state index contributed by atoms with van der Waals surface area (Å²) in [7, 11) is 0. The Morgan fingerprint density at radius 1 is 1.08 bits per heavy atom. The summed E-state index contributed by atoms with van der Waals surface area (Å²) >= 11 is 5.96. The highest BCUT2D eigenvalue weighted by Gasteiger charge is 2.15. The number of ketones is 1. The van der Waals surface area contributed by atoms with Gasteiger partial charge in [0.05, 0.1) is 0 Å². The number of hydrogen-bond donors (Lipinski definition) is 1. The van der Waals surface area contributed by atoms with E-state index in [1.54, 1.807) is 36.4 Å². The second kappa shape index (κ2) is 8.63. The number of hydrogen-bond acceptors (Lipinski definition) is 3. The molecule has 0 aliphatic heterocycles. The molecule has 26 heavy (non-hydrogen) atoms. The normalized spacial score (nSPS) is 10.3. The Morgan fingerprint density at radius 2 is 1.81 bits per heavy atom. The molecule has 0 heterocycles. The summed E-state index contributed by atoms with van der Waals surface area (Å²) in [5, 5.41) is 3.35. The van der Waals surface area contributed by atoms with Gasteiger partial charge in [0.2, 0.25) is 11.8 Å². The summed E-state index contributed by atoms with van der Waals surface area (Å²) in [6.07, 6.45) is 0.121. The Kier molecular flexibility index (Phi) is 6.52. The molecule has 0 spiro atoms. The molecule has 2 rings (SSSR count). The molecule has 6 heteroatoms. The van der Waals surface area contributed by atoms with Crippen molar-refractivity contribution < 1.29 is 14.4 Å². The minimum Gasteiger partial charge on any atom is -0.326 e. The van der Waals surface area contributed by atoms with Gasteiger partial charge in [-0.25, -0.2) is 0 Å². The van der Waals surface area contributed by atoms with Gasteiger partial charge in [0.1, 0.15) is 0 Å². The zero-order valence-corrected chi connectivity index (χ0v) is 15.8. The van der Waals surface area contributed by atoms with E-state index in [1.807, 2.05) is 13.0 Å². The molecule has 0 radical (unpaired) electrons. The number of carbonyl (C=O) groups excluding carboxylic acids is 3. The van der Waals surface area contributed by atoms with Crippen molar-refractivity contribution in [1.82, 2.24) is 0 Å². The number of nitrogens with one attached hydrogen (secondary N) is 1. The van der Waals surface area contributed by atoms with Crippen LogP contribution in [-0.2, 0) is 9.59 Å². The minimum absolute atomic E-state index is 0.0791. The largest absolute Gasteiger partial charge is 0.326 e. The van der Waals surface area contributed by atoms with Gasteiger partial charge in [-0.1, -0.05) is 29.8 Å². The number of carbonyl (C=O) groups is 3. The summed E-state index contributed by atoms with van der Waals surface area (Å²) in [6.45, 7) is 4.99. The highest BCUT2D eigenvalue weighted by atomic mass is 35.5. The maximum Gasteiger partial charge on any atom is 0.226 e. The highest BCUT2D eigenvalue weighted by Crippen LogP contribution is 2.21. The van der Waals surface area contributed by atoms with Crippen molar-refractivity contribution in [3.8, 4) is 0 Å². The Balaban J connectivity index is 2.08. The Labute approximate surface area is 158 Å². The van der Waals surface area contributed by atoms with Gasteiger partial charge in [-0.15, -0.1) is 0 Å². The first-order valence-electron chi connectivity index (χ1n) is 8.23. The average molecular weight is 373 g/mol. The number of aryl methyl sites for hydroxylation is 1. The number of rotatable bonds is 6. The van der Waals surface area contributed by atoms with Gasteiger partial charge in [-0.05, 0) is 43.7 Å². The fourth-order valence-electron chi connectivity index (χ4n) is 2.52. The van der Waals surface area contributed by atoms with Gasteiger partial charge < -0.3 is 10.2 Å². The van der Waals surface area contributed by atoms with Crippen LogP contribution in [0.25, 0.3) is 0 Å². The molecule has 0 atom stereocenters. The van der Waals surface area contributed by atoms with Crippen LogP contribution in [0.5, 0.6) is 0 Å². The van der Waals surface area contributed by atoms with Crippen molar-refractivity contribution in [2.24, 2.45) is 0 Å². The van der Waals surface area contributed by atoms with E-state index in [0.717, 1.165) is 5.56 Å². The van der Waals surface area contributed by atoms with Crippen molar-refractivity contribution in [2.45, 2.75) is 27.2 Å². The molecule has 0 saturated heterocycles. The van der Waals surface area contributed by atoms with Crippen LogP contribution in [0.3, 0.4) is 0 Å². The van der Waals surface area contributed by atoms with Crippen LogP contribution in [0.15, 0.2) is 42.5 Å². The van der Waals surface area contributed by atoms with Crippen molar-refractivity contribution in [3.63, 3.8) is 0 Å². The van der Waals surface area contributed by atoms with Crippen molar-refractivity contribution in [3.05, 3.63) is 58.6 Å². The lowest BCUT2D eigenvalue weighted by Crippen LogP contribution is -2.32. The number of nitrogens with zero attached hydrogens (tertiary/aromatic N) is 1. The molecule has 1 N–H and O–H groups in total. The summed E-state index contributed by atoms with van der Waals surface area (Å²) < 4.78 is 0. The lowest BCUT2D eigenvalue weighted by molar-refractivity contribution is -0.117. The zero-order valence-electron chi connectivity index (χ0n) is 15.0. The van der Waals surface area contributed by atoms with Gasteiger partial charge in [0, 0.05) is 41.9 Å². The topological polar surface area (TPSA) is 66.5 Å². The number of Topliss-reactive ketones (excluding diaryl/α,β-unsaturated/α-hetero) is 1. The van der Waals surface area contributed by atoms with E-state index in [1.165, 1.54) is 18.7 Å². The van der Waals surface area contributed by atoms with Gasteiger partial charge >= 0.3 is 0 Å². The van der Waals surface area contributed by atoms with Crippen LogP contribution >= 0.6 is 11.6 Å².